The van der Waals surface area contributed by atoms with E-state index >= 15 is 0 Å². The highest BCUT2D eigenvalue weighted by Gasteiger charge is 2.41. The minimum absolute atomic E-state index is 0.0557. The van der Waals surface area contributed by atoms with Gasteiger partial charge < -0.3 is 9.84 Å². The topological polar surface area (TPSA) is 85.5 Å². The van der Waals surface area contributed by atoms with Gasteiger partial charge >= 0.3 is 18.3 Å². The SMILES string of the molecule is O=C(O)[C@@H](CC1CC1)c1cc(OCC(F)(F)F)c(C(F)(F)F)c(-c2ccc3nonc3c2)c1. The number of aliphatic carboxylic acids is 1. The number of aromatic nitrogens is 2. The van der Waals surface area contributed by atoms with Crippen LogP contribution in [0.1, 0.15) is 36.3 Å². The van der Waals surface area contributed by atoms with E-state index in [0.717, 1.165) is 25.0 Å². The number of halogens is 6. The normalized spacial score (nSPS) is 15.6. The van der Waals surface area contributed by atoms with Crippen molar-refractivity contribution < 1.29 is 45.6 Å². The average molecular weight is 474 g/mol. The molecule has 0 spiro atoms. The molecule has 1 aliphatic carbocycles. The van der Waals surface area contributed by atoms with Crippen molar-refractivity contribution in [3.63, 3.8) is 0 Å². The van der Waals surface area contributed by atoms with Crippen LogP contribution in [0.15, 0.2) is 35.0 Å². The van der Waals surface area contributed by atoms with Crippen LogP contribution in [-0.2, 0) is 11.0 Å². The Morgan fingerprint density at radius 3 is 2.39 bits per heavy atom. The third-order valence-corrected chi connectivity index (χ3v) is 5.33. The lowest BCUT2D eigenvalue weighted by Crippen LogP contribution is -2.22. The monoisotopic (exact) mass is 474 g/mol. The van der Waals surface area contributed by atoms with Gasteiger partial charge in [-0.25, -0.2) is 4.63 Å². The van der Waals surface area contributed by atoms with Crippen molar-refractivity contribution in [1.82, 2.24) is 10.3 Å². The maximum Gasteiger partial charge on any atom is 0.422 e. The highest BCUT2D eigenvalue weighted by molar-refractivity contribution is 5.84. The molecule has 3 aromatic rings. The Balaban J connectivity index is 1.92. The zero-order valence-corrected chi connectivity index (χ0v) is 16.7. The van der Waals surface area contributed by atoms with Crippen LogP contribution in [-0.4, -0.2) is 34.2 Å². The van der Waals surface area contributed by atoms with E-state index in [9.17, 15) is 36.2 Å². The van der Waals surface area contributed by atoms with E-state index in [1.165, 1.54) is 18.2 Å². The summed E-state index contributed by atoms with van der Waals surface area (Å²) < 4.78 is 89.6. The molecule has 1 N–H and O–H groups in total. The van der Waals surface area contributed by atoms with Gasteiger partial charge in [0.15, 0.2) is 6.61 Å². The molecule has 0 radical (unpaired) electrons. The van der Waals surface area contributed by atoms with E-state index in [1.54, 1.807) is 0 Å². The van der Waals surface area contributed by atoms with Gasteiger partial charge in [-0.15, -0.1) is 0 Å². The lowest BCUT2D eigenvalue weighted by Gasteiger charge is -2.22. The number of hydrogen-bond acceptors (Lipinski definition) is 5. The number of fused-ring (bicyclic) bond motifs is 1. The van der Waals surface area contributed by atoms with Crippen molar-refractivity contribution in [1.29, 1.82) is 0 Å². The predicted molar refractivity (Wildman–Crippen MR) is 102 cm³/mol. The Labute approximate surface area is 182 Å². The summed E-state index contributed by atoms with van der Waals surface area (Å²) in [5, 5.41) is 16.8. The highest BCUT2D eigenvalue weighted by Crippen LogP contribution is 2.47. The summed E-state index contributed by atoms with van der Waals surface area (Å²) in [6, 6.07) is 5.62. The first-order valence-corrected chi connectivity index (χ1v) is 9.82. The second kappa shape index (κ2) is 8.23. The minimum Gasteiger partial charge on any atom is -0.483 e. The number of carboxylic acids is 1. The van der Waals surface area contributed by atoms with Crippen molar-refractivity contribution in [2.24, 2.45) is 5.92 Å². The number of hydrogen-bond donors (Lipinski definition) is 1. The zero-order valence-electron chi connectivity index (χ0n) is 16.7. The Morgan fingerprint density at radius 2 is 1.79 bits per heavy atom. The van der Waals surface area contributed by atoms with Crippen molar-refractivity contribution in [3.8, 4) is 16.9 Å². The molecule has 0 aliphatic heterocycles. The minimum atomic E-state index is -5.10. The molecule has 1 aromatic heterocycles. The predicted octanol–water partition coefficient (Wildman–Crippen LogP) is 5.82. The first-order chi connectivity index (χ1) is 15.4. The fourth-order valence-corrected chi connectivity index (χ4v) is 3.65. The van der Waals surface area contributed by atoms with Crippen LogP contribution >= 0.6 is 0 Å². The van der Waals surface area contributed by atoms with E-state index < -0.39 is 47.7 Å². The van der Waals surface area contributed by atoms with Gasteiger partial charge in [-0.1, -0.05) is 18.9 Å². The number of benzene rings is 2. The van der Waals surface area contributed by atoms with Gasteiger partial charge in [0.2, 0.25) is 0 Å². The number of alkyl halides is 6. The molecule has 0 amide bonds. The van der Waals surface area contributed by atoms with E-state index in [0.29, 0.717) is 0 Å². The molecule has 2 aromatic carbocycles. The summed E-state index contributed by atoms with van der Waals surface area (Å²) >= 11 is 0. The van der Waals surface area contributed by atoms with E-state index in [-0.39, 0.29) is 34.5 Å². The van der Waals surface area contributed by atoms with Crippen LogP contribution < -0.4 is 4.74 Å². The standard InChI is InChI=1S/C21H16F6N2O4/c22-20(23,24)9-32-17-8-12(14(19(30)31)5-10-1-2-10)6-13(18(17)21(25,26)27)11-3-4-15-16(7-11)29-33-28-15/h3-4,6-8,10,14H,1-2,5,9H2,(H,30,31)/t14-/m0/s1. The summed E-state index contributed by atoms with van der Waals surface area (Å²) in [5.41, 5.74) is -1.72. The number of ether oxygens (including phenoxy) is 1. The molecular formula is C21H16F6N2O4. The lowest BCUT2D eigenvalue weighted by molar-refractivity contribution is -0.158. The summed E-state index contributed by atoms with van der Waals surface area (Å²) in [7, 11) is 0. The number of carboxylic acid groups (broad SMARTS) is 1. The first kappa shape index (κ1) is 22.9. The van der Waals surface area contributed by atoms with Crippen molar-refractivity contribution in [2.45, 2.75) is 37.5 Å². The van der Waals surface area contributed by atoms with E-state index in [1.807, 2.05) is 0 Å². The van der Waals surface area contributed by atoms with Crippen molar-refractivity contribution in [3.05, 3.63) is 41.5 Å². The van der Waals surface area contributed by atoms with Crippen molar-refractivity contribution in [2.75, 3.05) is 6.61 Å². The van der Waals surface area contributed by atoms with Gasteiger partial charge in [-0.2, -0.15) is 26.3 Å². The molecule has 0 bridgehead atoms. The molecule has 1 saturated carbocycles. The molecule has 12 heteroatoms. The molecule has 6 nitrogen and oxygen atoms in total. The third kappa shape index (κ3) is 5.20. The molecular weight excluding hydrogens is 458 g/mol. The smallest absolute Gasteiger partial charge is 0.422 e. The lowest BCUT2D eigenvalue weighted by atomic mass is 9.88. The summed E-state index contributed by atoms with van der Waals surface area (Å²) in [6.07, 6.45) is -8.27. The van der Waals surface area contributed by atoms with Crippen LogP contribution in [0.25, 0.3) is 22.2 Å². The quantitative estimate of drug-likeness (QED) is 0.435. The fourth-order valence-electron chi connectivity index (χ4n) is 3.65. The molecule has 1 atom stereocenters. The second-order valence-electron chi connectivity index (χ2n) is 7.88. The summed E-state index contributed by atoms with van der Waals surface area (Å²) in [4.78, 5) is 11.9. The van der Waals surface area contributed by atoms with Crippen LogP contribution in [0, 0.1) is 5.92 Å². The van der Waals surface area contributed by atoms with Gasteiger partial charge in [-0.05, 0) is 63.6 Å². The Bertz CT molecular complexity index is 1180. The molecule has 176 valence electrons. The van der Waals surface area contributed by atoms with E-state index in [4.69, 9.17) is 0 Å². The fraction of sp³-hybridized carbons (Fsp3) is 0.381. The first-order valence-electron chi connectivity index (χ1n) is 9.82. The van der Waals surface area contributed by atoms with Gasteiger partial charge in [0.05, 0.1) is 5.92 Å². The summed E-state index contributed by atoms with van der Waals surface area (Å²) in [6.45, 7) is -1.97. The summed E-state index contributed by atoms with van der Waals surface area (Å²) in [5.74, 6) is -3.49. The van der Waals surface area contributed by atoms with E-state index in [2.05, 4.69) is 19.7 Å². The molecule has 1 aliphatic rings. The molecule has 33 heavy (non-hydrogen) atoms. The van der Waals surface area contributed by atoms with Crippen molar-refractivity contribution >= 4 is 17.0 Å². The second-order valence-corrected chi connectivity index (χ2v) is 7.88. The number of rotatable bonds is 7. The van der Waals surface area contributed by atoms with Crippen LogP contribution in [0.2, 0.25) is 0 Å². The Morgan fingerprint density at radius 1 is 1.09 bits per heavy atom. The maximum absolute atomic E-state index is 14.1. The van der Waals surface area contributed by atoms with Gasteiger partial charge in [-0.3, -0.25) is 4.79 Å². The van der Waals surface area contributed by atoms with Gasteiger partial charge in [0.25, 0.3) is 0 Å². The molecule has 1 heterocycles. The highest BCUT2D eigenvalue weighted by atomic mass is 19.4. The Kier molecular flexibility index (Phi) is 5.71. The van der Waals surface area contributed by atoms with Crippen LogP contribution in [0.4, 0.5) is 26.3 Å². The number of nitrogens with zero attached hydrogens (tertiary/aromatic N) is 2. The van der Waals surface area contributed by atoms with Crippen LogP contribution in [0.5, 0.6) is 5.75 Å². The number of carbonyl (C=O) groups is 1. The van der Waals surface area contributed by atoms with Gasteiger partial charge in [0.1, 0.15) is 22.3 Å². The molecule has 1 fully saturated rings. The molecule has 0 saturated heterocycles. The molecule has 0 unspecified atom stereocenters. The maximum atomic E-state index is 14.1. The zero-order chi connectivity index (χ0) is 24.0. The Hall–Kier alpha value is -3.31. The largest absolute Gasteiger partial charge is 0.483 e. The van der Waals surface area contributed by atoms with Gasteiger partial charge in [0, 0.05) is 0 Å². The average Bonchev–Trinajstić information content (AvgIpc) is 3.42. The van der Waals surface area contributed by atoms with Crippen LogP contribution in [0.3, 0.4) is 0 Å². The molecule has 4 rings (SSSR count). The third-order valence-electron chi connectivity index (χ3n) is 5.33.